The van der Waals surface area contributed by atoms with Gasteiger partial charge in [0.2, 0.25) is 0 Å². The molecule has 0 heterocycles. The third-order valence-electron chi connectivity index (χ3n) is 4.24. The predicted molar refractivity (Wildman–Crippen MR) is 86.9 cm³/mol. The normalized spacial score (nSPS) is 27.8. The number of carbonyl (C=O) groups excluding carboxylic acids is 2. The van der Waals surface area contributed by atoms with Crippen molar-refractivity contribution >= 4 is 11.9 Å². The lowest BCUT2D eigenvalue weighted by Crippen LogP contribution is -2.45. The van der Waals surface area contributed by atoms with Gasteiger partial charge in [-0.2, -0.15) is 26.3 Å². The molecular formula is C18H22F6O4. The van der Waals surface area contributed by atoms with Crippen molar-refractivity contribution < 1.29 is 53.6 Å². The second-order valence-electron chi connectivity index (χ2n) is 6.44. The van der Waals surface area contributed by atoms with Crippen LogP contribution in [0.25, 0.3) is 0 Å². The monoisotopic (exact) mass is 422 g/mol. The van der Waals surface area contributed by atoms with E-state index in [1.54, 1.807) is 0 Å². The second-order valence-corrected chi connectivity index (χ2v) is 6.44. The third kappa shape index (κ3) is 6.87. The van der Waals surface area contributed by atoms with Crippen LogP contribution < -0.4 is 0 Å². The molecule has 0 saturated heterocycles. The third-order valence-corrected chi connectivity index (χ3v) is 4.24. The van der Waals surface area contributed by atoms with E-state index in [-0.39, 0.29) is 6.10 Å². The quantitative estimate of drug-likeness (QED) is 0.368. The van der Waals surface area contributed by atoms with Crippen molar-refractivity contribution in [3.8, 4) is 0 Å². The minimum Gasteiger partial charge on any atom is -0.459 e. The fourth-order valence-corrected chi connectivity index (χ4v) is 3.04. The largest absolute Gasteiger partial charge is 0.459 e. The summed E-state index contributed by atoms with van der Waals surface area (Å²) in [6.07, 6.45) is -11.9. The van der Waals surface area contributed by atoms with E-state index < -0.39 is 55.2 Å². The molecule has 10 heteroatoms. The zero-order valence-electron chi connectivity index (χ0n) is 20.5. The van der Waals surface area contributed by atoms with E-state index in [0.29, 0.717) is 11.8 Å². The van der Waals surface area contributed by atoms with Gasteiger partial charge < -0.3 is 9.47 Å². The van der Waals surface area contributed by atoms with Crippen molar-refractivity contribution in [1.29, 1.82) is 0 Å². The van der Waals surface area contributed by atoms with Gasteiger partial charge in [-0.3, -0.25) is 0 Å². The van der Waals surface area contributed by atoms with Crippen LogP contribution in [0, 0.1) is 11.8 Å². The van der Waals surface area contributed by atoms with Gasteiger partial charge in [-0.1, -0.05) is 13.2 Å². The van der Waals surface area contributed by atoms with Crippen LogP contribution in [0.5, 0.6) is 0 Å². The number of ether oxygens (including phenoxy) is 2. The maximum Gasteiger partial charge on any atom is 0.434 e. The van der Waals surface area contributed by atoms with E-state index in [9.17, 15) is 35.9 Å². The Morgan fingerprint density at radius 2 is 1.50 bits per heavy atom. The van der Waals surface area contributed by atoms with E-state index in [4.69, 9.17) is 13.0 Å². The number of carbonyl (C=O) groups is 2. The summed E-state index contributed by atoms with van der Waals surface area (Å²) in [6, 6.07) is 0. The molecule has 2 saturated carbocycles. The van der Waals surface area contributed by atoms with Gasteiger partial charge in [0.1, 0.15) is 6.10 Å². The SMILES string of the molecule is [2H]C([2H])([2H])C(=C)C(=O)OC(C(F)(F)F)C(F)(F)F.[2H]C([2H])([2H])C(=C)C(=O)OC1CC2CCC1C2. The first kappa shape index (κ1) is 15.9. The number of rotatable bonds is 4. The van der Waals surface area contributed by atoms with Crippen LogP contribution >= 0.6 is 0 Å². The number of esters is 2. The summed E-state index contributed by atoms with van der Waals surface area (Å²) >= 11 is 0. The summed E-state index contributed by atoms with van der Waals surface area (Å²) in [4.78, 5) is 22.4. The maximum atomic E-state index is 12.0. The molecule has 0 aromatic carbocycles. The van der Waals surface area contributed by atoms with Gasteiger partial charge in [0.15, 0.2) is 0 Å². The van der Waals surface area contributed by atoms with Crippen LogP contribution in [0.3, 0.4) is 0 Å². The lowest BCUT2D eigenvalue weighted by Gasteiger charge is -2.22. The summed E-state index contributed by atoms with van der Waals surface area (Å²) in [5.41, 5.74) is -1.88. The topological polar surface area (TPSA) is 52.6 Å². The Morgan fingerprint density at radius 1 is 0.964 bits per heavy atom. The molecule has 0 N–H and O–H groups in total. The molecule has 160 valence electrons. The number of halogens is 6. The highest BCUT2D eigenvalue weighted by Gasteiger charge is 2.59. The van der Waals surface area contributed by atoms with Crippen LogP contribution in [-0.2, 0) is 19.1 Å². The molecule has 0 aromatic rings. The van der Waals surface area contributed by atoms with Crippen LogP contribution in [0.1, 0.15) is 47.6 Å². The van der Waals surface area contributed by atoms with Gasteiger partial charge in [0.05, 0.1) is 0 Å². The Labute approximate surface area is 167 Å². The zero-order valence-corrected chi connectivity index (χ0v) is 14.5. The Balaban J connectivity index is 0.000000341. The highest BCUT2D eigenvalue weighted by molar-refractivity contribution is 5.87. The van der Waals surface area contributed by atoms with Crippen molar-refractivity contribution in [3.05, 3.63) is 24.3 Å². The molecular weight excluding hydrogens is 394 g/mol. The van der Waals surface area contributed by atoms with Crippen LogP contribution in [0.2, 0.25) is 0 Å². The number of hydrogen-bond acceptors (Lipinski definition) is 4. The van der Waals surface area contributed by atoms with E-state index in [2.05, 4.69) is 17.9 Å². The maximum absolute atomic E-state index is 12.0. The molecule has 0 amide bonds. The molecule has 2 aliphatic rings. The van der Waals surface area contributed by atoms with Gasteiger partial charge in [-0.05, 0) is 51.2 Å². The number of fused-ring (bicyclic) bond motifs is 2. The van der Waals surface area contributed by atoms with Gasteiger partial charge in [0, 0.05) is 19.4 Å². The van der Waals surface area contributed by atoms with Crippen molar-refractivity contribution in [2.45, 2.75) is 63.9 Å². The Morgan fingerprint density at radius 3 is 1.89 bits per heavy atom. The fourth-order valence-electron chi connectivity index (χ4n) is 3.04. The lowest BCUT2D eigenvalue weighted by molar-refractivity contribution is -0.312. The predicted octanol–water partition coefficient (Wildman–Crippen LogP) is 4.89. The van der Waals surface area contributed by atoms with Gasteiger partial charge >= 0.3 is 24.3 Å². The summed E-state index contributed by atoms with van der Waals surface area (Å²) < 4.78 is 121. The fraction of sp³-hybridized carbons (Fsp3) is 0.667. The van der Waals surface area contributed by atoms with Gasteiger partial charge in [0.25, 0.3) is 6.10 Å². The molecule has 3 atom stereocenters. The summed E-state index contributed by atoms with van der Waals surface area (Å²) in [7, 11) is 0. The van der Waals surface area contributed by atoms with E-state index in [1.807, 2.05) is 0 Å². The van der Waals surface area contributed by atoms with Crippen LogP contribution in [0.4, 0.5) is 26.3 Å². The lowest BCUT2D eigenvalue weighted by atomic mass is 9.98. The second kappa shape index (κ2) is 9.00. The van der Waals surface area contributed by atoms with Crippen molar-refractivity contribution in [2.75, 3.05) is 0 Å². The molecule has 2 fully saturated rings. The first-order valence-corrected chi connectivity index (χ1v) is 7.99. The van der Waals surface area contributed by atoms with Gasteiger partial charge in [-0.15, -0.1) is 0 Å². The minimum atomic E-state index is -5.90. The molecule has 0 spiro atoms. The first-order valence-electron chi connectivity index (χ1n) is 11.0. The minimum absolute atomic E-state index is 0.0784. The molecule has 2 rings (SSSR count). The van der Waals surface area contributed by atoms with E-state index >= 15 is 0 Å². The molecule has 0 aliphatic heterocycles. The van der Waals surface area contributed by atoms with Crippen LogP contribution in [-0.4, -0.2) is 36.5 Å². The zero-order chi connectivity index (χ0) is 26.9. The number of hydrogen-bond donors (Lipinski definition) is 0. The average Bonchev–Trinajstić information content (AvgIpc) is 3.24. The van der Waals surface area contributed by atoms with Crippen molar-refractivity contribution in [1.82, 2.24) is 0 Å². The van der Waals surface area contributed by atoms with Gasteiger partial charge in [-0.25, -0.2) is 9.59 Å². The first-order chi connectivity index (χ1) is 15.0. The molecule has 28 heavy (non-hydrogen) atoms. The number of alkyl halides is 6. The highest BCUT2D eigenvalue weighted by Crippen LogP contribution is 2.46. The van der Waals surface area contributed by atoms with E-state index in [0.717, 1.165) is 19.3 Å². The van der Waals surface area contributed by atoms with Crippen molar-refractivity contribution in [2.24, 2.45) is 11.8 Å². The molecule has 0 radical (unpaired) electrons. The van der Waals surface area contributed by atoms with E-state index in [1.165, 1.54) is 6.42 Å². The Bertz CT molecular complexity index is 789. The summed E-state index contributed by atoms with van der Waals surface area (Å²) in [5.74, 6) is -1.92. The molecule has 3 unspecified atom stereocenters. The smallest absolute Gasteiger partial charge is 0.434 e. The molecule has 0 aromatic heterocycles. The Hall–Kier alpha value is -2.00. The molecule has 2 bridgehead atoms. The molecule has 4 nitrogen and oxygen atoms in total. The summed E-state index contributed by atoms with van der Waals surface area (Å²) in [6.45, 7) is 0.191. The molecule has 2 aliphatic carbocycles. The Kier molecular flexibility index (Phi) is 5.10. The standard InChI is InChI=1S/C11H16O2.C7H6F6O2/c1-7(2)11(12)13-10-6-8-3-4-9(10)5-8;1-3(2)4(14)15-5(6(8,9)10)7(11,12)13/h8-10H,1,3-6H2,2H3;5H,1H2,2H3/i2*2D3. The average molecular weight is 422 g/mol. The van der Waals surface area contributed by atoms with Crippen LogP contribution in [0.15, 0.2) is 24.3 Å². The van der Waals surface area contributed by atoms with Crippen molar-refractivity contribution in [3.63, 3.8) is 0 Å². The highest BCUT2D eigenvalue weighted by atomic mass is 19.4. The summed E-state index contributed by atoms with van der Waals surface area (Å²) in [5, 5.41) is 0.